The molecule has 0 aromatic carbocycles. The van der Waals surface area contributed by atoms with Gasteiger partial charge in [-0.25, -0.2) is 0 Å². The maximum atomic E-state index is 10.6. The van der Waals surface area contributed by atoms with E-state index in [0.717, 1.165) is 11.8 Å². The summed E-state index contributed by atoms with van der Waals surface area (Å²) in [5, 5.41) is 16.0. The number of rotatable bonds is 2. The van der Waals surface area contributed by atoms with E-state index in [2.05, 4.69) is 10.2 Å². The van der Waals surface area contributed by atoms with Crippen LogP contribution in [0.3, 0.4) is 0 Å². The number of nitrogens with two attached hydrogens (primary N) is 1. The minimum atomic E-state index is -0.611. The van der Waals surface area contributed by atoms with Crippen LogP contribution < -0.4 is 5.73 Å². The molecule has 11 heavy (non-hydrogen) atoms. The van der Waals surface area contributed by atoms with Crippen molar-refractivity contribution in [1.29, 1.82) is 5.26 Å². The van der Waals surface area contributed by atoms with Crippen LogP contribution in [0.4, 0.5) is 0 Å². The first-order valence-corrected chi connectivity index (χ1v) is 3.46. The molecule has 0 aliphatic carbocycles. The van der Waals surface area contributed by atoms with Crippen molar-refractivity contribution in [3.8, 4) is 5.40 Å². The predicted octanol–water partition coefficient (Wildman–Crippen LogP) is 0.0818. The summed E-state index contributed by atoms with van der Waals surface area (Å²) in [5.41, 5.74) is 5.13. The number of carbonyl (C=O) groups is 1. The largest absolute Gasteiger partial charge is 0.364 e. The van der Waals surface area contributed by atoms with E-state index in [1.54, 1.807) is 0 Å². The first-order valence-electron chi connectivity index (χ1n) is 2.65. The van der Waals surface area contributed by atoms with Crippen molar-refractivity contribution in [2.24, 2.45) is 5.73 Å². The second kappa shape index (κ2) is 3.07. The zero-order valence-corrected chi connectivity index (χ0v) is 6.18. The molecule has 0 spiro atoms. The maximum absolute atomic E-state index is 10.6. The molecule has 0 aliphatic rings. The first kappa shape index (κ1) is 7.63. The summed E-state index contributed by atoms with van der Waals surface area (Å²) in [5.74, 6) is -0.611. The Morgan fingerprint density at radius 3 is 3.18 bits per heavy atom. The molecule has 1 heterocycles. The van der Waals surface area contributed by atoms with Gasteiger partial charge < -0.3 is 5.73 Å². The highest BCUT2D eigenvalue weighted by Crippen LogP contribution is 2.18. The Hall–Kier alpha value is -1.48. The number of aromatic nitrogens is 2. The van der Waals surface area contributed by atoms with Gasteiger partial charge in [-0.15, -0.1) is 0 Å². The van der Waals surface area contributed by atoms with Crippen molar-refractivity contribution in [3.05, 3.63) is 11.9 Å². The molecule has 0 fully saturated rings. The Morgan fingerprint density at radius 2 is 2.64 bits per heavy atom. The fraction of sp³-hybridized carbons (Fsp3) is 0. The lowest BCUT2D eigenvalue weighted by Crippen LogP contribution is -2.12. The maximum Gasteiger partial charge on any atom is 0.267 e. The van der Waals surface area contributed by atoms with Crippen LogP contribution >= 0.6 is 11.8 Å². The van der Waals surface area contributed by atoms with Crippen LogP contribution in [0.5, 0.6) is 0 Å². The second-order valence-electron chi connectivity index (χ2n) is 1.67. The number of H-pyrrole nitrogens is 1. The normalized spacial score (nSPS) is 9.00. The van der Waals surface area contributed by atoms with Crippen molar-refractivity contribution < 1.29 is 4.79 Å². The highest BCUT2D eigenvalue weighted by atomic mass is 32.2. The van der Waals surface area contributed by atoms with E-state index in [1.165, 1.54) is 6.20 Å². The van der Waals surface area contributed by atoms with Crippen LogP contribution in [0.1, 0.15) is 10.5 Å². The molecule has 0 atom stereocenters. The summed E-state index contributed by atoms with van der Waals surface area (Å²) >= 11 is 0.848. The number of thiocyanates is 1. The van der Waals surface area contributed by atoms with Crippen LogP contribution in [0, 0.1) is 10.7 Å². The molecule has 0 saturated carbocycles. The molecule has 0 aliphatic heterocycles. The lowest BCUT2D eigenvalue weighted by molar-refractivity contribution is 0.0993. The standard InChI is InChI=1S/C5H4N4OS/c6-2-11-3-1-8-9-4(3)5(7)10/h1H,(H2,7,10)(H,8,9). The molecule has 1 aromatic rings. The zero-order valence-electron chi connectivity index (χ0n) is 5.37. The van der Waals surface area contributed by atoms with Crippen LogP contribution in [-0.4, -0.2) is 16.1 Å². The van der Waals surface area contributed by atoms with Crippen molar-refractivity contribution in [3.63, 3.8) is 0 Å². The summed E-state index contributed by atoms with van der Waals surface area (Å²) in [7, 11) is 0. The number of nitriles is 1. The summed E-state index contributed by atoms with van der Waals surface area (Å²) in [6.45, 7) is 0. The van der Waals surface area contributed by atoms with Gasteiger partial charge in [0.25, 0.3) is 5.91 Å². The van der Waals surface area contributed by atoms with Gasteiger partial charge in [-0.05, 0) is 11.8 Å². The van der Waals surface area contributed by atoms with Crippen molar-refractivity contribution in [1.82, 2.24) is 10.2 Å². The average molecular weight is 168 g/mol. The van der Waals surface area contributed by atoms with Gasteiger partial charge in [0, 0.05) is 0 Å². The number of carbonyl (C=O) groups excluding carboxylic acids is 1. The second-order valence-corrected chi connectivity index (χ2v) is 2.49. The number of nitrogens with one attached hydrogen (secondary N) is 1. The third-order valence-corrected chi connectivity index (χ3v) is 1.63. The van der Waals surface area contributed by atoms with Crippen LogP contribution in [0.25, 0.3) is 0 Å². The van der Waals surface area contributed by atoms with Gasteiger partial charge in [-0.3, -0.25) is 9.89 Å². The van der Waals surface area contributed by atoms with Gasteiger partial charge in [-0.1, -0.05) is 0 Å². The van der Waals surface area contributed by atoms with Gasteiger partial charge in [0.05, 0.1) is 11.1 Å². The predicted molar refractivity (Wildman–Crippen MR) is 38.6 cm³/mol. The van der Waals surface area contributed by atoms with Crippen LogP contribution in [0.15, 0.2) is 11.1 Å². The lowest BCUT2D eigenvalue weighted by atomic mass is 10.4. The molecule has 0 radical (unpaired) electrons. The monoisotopic (exact) mass is 168 g/mol. The summed E-state index contributed by atoms with van der Waals surface area (Å²) < 4.78 is 0. The van der Waals surface area contributed by atoms with Crippen molar-refractivity contribution in [2.45, 2.75) is 4.90 Å². The molecule has 56 valence electrons. The molecule has 5 nitrogen and oxygen atoms in total. The molecule has 6 heteroatoms. The molecule has 3 N–H and O–H groups in total. The number of hydrogen-bond acceptors (Lipinski definition) is 4. The van der Waals surface area contributed by atoms with Gasteiger partial charge >= 0.3 is 0 Å². The van der Waals surface area contributed by atoms with Crippen molar-refractivity contribution in [2.75, 3.05) is 0 Å². The van der Waals surface area contributed by atoms with E-state index in [0.29, 0.717) is 4.90 Å². The molecule has 0 bridgehead atoms. The zero-order chi connectivity index (χ0) is 8.27. The van der Waals surface area contributed by atoms with Crippen LogP contribution in [0.2, 0.25) is 0 Å². The number of amides is 1. The summed E-state index contributed by atoms with van der Waals surface area (Å²) in [6, 6.07) is 0. The molecular weight excluding hydrogens is 164 g/mol. The third-order valence-electron chi connectivity index (χ3n) is 1.01. The van der Waals surface area contributed by atoms with Gasteiger partial charge in [-0.2, -0.15) is 10.4 Å². The SMILES string of the molecule is N#CSc1cn[nH]c1C(N)=O. The topological polar surface area (TPSA) is 95.6 Å². The molecule has 1 amide bonds. The van der Waals surface area contributed by atoms with Crippen molar-refractivity contribution >= 4 is 17.7 Å². The number of aromatic amines is 1. The molecular formula is C5H4N4OS. The van der Waals surface area contributed by atoms with E-state index in [1.807, 2.05) is 5.40 Å². The third kappa shape index (κ3) is 1.50. The number of hydrogen-bond donors (Lipinski definition) is 2. The average Bonchev–Trinajstić information content (AvgIpc) is 2.36. The van der Waals surface area contributed by atoms with E-state index in [4.69, 9.17) is 11.0 Å². The minimum Gasteiger partial charge on any atom is -0.364 e. The fourth-order valence-corrected chi connectivity index (χ4v) is 1.03. The first-order chi connectivity index (χ1) is 5.25. The minimum absolute atomic E-state index is 0.177. The number of nitrogens with zero attached hydrogens (tertiary/aromatic N) is 2. The Kier molecular flexibility index (Phi) is 2.13. The molecule has 1 rings (SSSR count). The smallest absolute Gasteiger partial charge is 0.267 e. The Morgan fingerprint density at radius 1 is 1.91 bits per heavy atom. The summed E-state index contributed by atoms with van der Waals surface area (Å²) in [4.78, 5) is 11.0. The highest BCUT2D eigenvalue weighted by Gasteiger charge is 2.09. The number of thioether (sulfide) groups is 1. The summed E-state index contributed by atoms with van der Waals surface area (Å²) in [6.07, 6.45) is 1.38. The lowest BCUT2D eigenvalue weighted by Gasteiger charge is -1.89. The Balaban J connectivity index is 2.98. The Labute approximate surface area is 66.6 Å². The highest BCUT2D eigenvalue weighted by molar-refractivity contribution is 8.03. The molecule has 1 aromatic heterocycles. The Bertz CT molecular complexity index is 313. The van der Waals surface area contributed by atoms with E-state index in [-0.39, 0.29) is 5.69 Å². The van der Waals surface area contributed by atoms with Gasteiger partial charge in [0.15, 0.2) is 0 Å². The van der Waals surface area contributed by atoms with E-state index < -0.39 is 5.91 Å². The quantitative estimate of drug-likeness (QED) is 0.483. The van der Waals surface area contributed by atoms with Crippen LogP contribution in [-0.2, 0) is 0 Å². The molecule has 0 saturated heterocycles. The fourth-order valence-electron chi connectivity index (χ4n) is 0.578. The van der Waals surface area contributed by atoms with Gasteiger partial charge in [0.2, 0.25) is 0 Å². The molecule has 0 unspecified atom stereocenters. The number of primary amides is 1. The van der Waals surface area contributed by atoms with E-state index >= 15 is 0 Å². The van der Waals surface area contributed by atoms with E-state index in [9.17, 15) is 4.79 Å². The van der Waals surface area contributed by atoms with Gasteiger partial charge in [0.1, 0.15) is 11.1 Å².